The van der Waals surface area contributed by atoms with Crippen LogP contribution in [0.1, 0.15) is 36.3 Å². The second-order valence-electron chi connectivity index (χ2n) is 5.08. The molecule has 0 aliphatic heterocycles. The van der Waals surface area contributed by atoms with Crippen LogP contribution >= 0.6 is 0 Å². The molecule has 1 heterocycles. The first-order valence-electron chi connectivity index (χ1n) is 6.97. The van der Waals surface area contributed by atoms with Crippen LogP contribution in [0.4, 0.5) is 0 Å². The van der Waals surface area contributed by atoms with Crippen molar-refractivity contribution in [2.75, 3.05) is 7.05 Å². The van der Waals surface area contributed by atoms with E-state index < -0.39 is 0 Å². The molecule has 0 spiro atoms. The number of carbonyl (C=O) groups excluding carboxylic acids is 1. The van der Waals surface area contributed by atoms with Gasteiger partial charge >= 0.3 is 0 Å². The van der Waals surface area contributed by atoms with Gasteiger partial charge in [-0.3, -0.25) is 4.79 Å². The number of hydrogen-bond donors (Lipinski definition) is 0. The maximum atomic E-state index is 12.6. The summed E-state index contributed by atoms with van der Waals surface area (Å²) >= 11 is 0. The SMILES string of the molecule is CCC(C(=O)N(C)Cc1ccc(C)o1)c1ccccc1. The number of hydrogen-bond acceptors (Lipinski definition) is 2. The molecule has 1 aromatic carbocycles. The van der Waals surface area contributed by atoms with E-state index in [-0.39, 0.29) is 11.8 Å². The van der Waals surface area contributed by atoms with Gasteiger partial charge in [0, 0.05) is 7.05 Å². The summed E-state index contributed by atoms with van der Waals surface area (Å²) in [5.41, 5.74) is 1.07. The van der Waals surface area contributed by atoms with Crippen molar-refractivity contribution in [2.24, 2.45) is 0 Å². The normalized spacial score (nSPS) is 12.2. The first-order chi connectivity index (χ1) is 9.61. The van der Waals surface area contributed by atoms with E-state index in [0.29, 0.717) is 6.54 Å². The highest BCUT2D eigenvalue weighted by Gasteiger charge is 2.22. The van der Waals surface area contributed by atoms with Gasteiger partial charge < -0.3 is 9.32 Å². The van der Waals surface area contributed by atoms with Gasteiger partial charge in [-0.05, 0) is 31.0 Å². The first-order valence-corrected chi connectivity index (χ1v) is 6.97. The number of furan rings is 1. The topological polar surface area (TPSA) is 33.5 Å². The third kappa shape index (κ3) is 3.29. The standard InChI is InChI=1S/C17H21NO2/c1-4-16(14-8-6-5-7-9-14)17(19)18(3)12-15-11-10-13(2)20-15/h5-11,16H,4,12H2,1-3H3. The molecule has 1 atom stereocenters. The van der Waals surface area contributed by atoms with Crippen LogP contribution in [0.15, 0.2) is 46.9 Å². The molecule has 0 fully saturated rings. The molecule has 1 aromatic heterocycles. The molecule has 20 heavy (non-hydrogen) atoms. The van der Waals surface area contributed by atoms with Gasteiger partial charge in [0.15, 0.2) is 0 Å². The lowest BCUT2D eigenvalue weighted by molar-refractivity contribution is -0.132. The van der Waals surface area contributed by atoms with E-state index in [0.717, 1.165) is 23.5 Å². The number of benzene rings is 1. The summed E-state index contributed by atoms with van der Waals surface area (Å²) in [6, 6.07) is 13.8. The van der Waals surface area contributed by atoms with Crippen LogP contribution < -0.4 is 0 Å². The van der Waals surface area contributed by atoms with Crippen molar-refractivity contribution >= 4 is 5.91 Å². The van der Waals surface area contributed by atoms with Crippen LogP contribution in [0, 0.1) is 6.92 Å². The summed E-state index contributed by atoms with van der Waals surface area (Å²) in [6.45, 7) is 4.46. The predicted molar refractivity (Wildman–Crippen MR) is 79.4 cm³/mol. The molecule has 2 aromatic rings. The van der Waals surface area contributed by atoms with Crippen LogP contribution in [0.3, 0.4) is 0 Å². The van der Waals surface area contributed by atoms with Gasteiger partial charge in [0.05, 0.1) is 12.5 Å². The van der Waals surface area contributed by atoms with E-state index >= 15 is 0 Å². The van der Waals surface area contributed by atoms with Crippen LogP contribution in [0.2, 0.25) is 0 Å². The molecular weight excluding hydrogens is 250 g/mol. The monoisotopic (exact) mass is 271 g/mol. The Morgan fingerprint density at radius 3 is 2.45 bits per heavy atom. The zero-order chi connectivity index (χ0) is 14.5. The Kier molecular flexibility index (Phi) is 4.61. The highest BCUT2D eigenvalue weighted by Crippen LogP contribution is 2.22. The fourth-order valence-electron chi connectivity index (χ4n) is 2.39. The van der Waals surface area contributed by atoms with E-state index in [1.54, 1.807) is 4.90 Å². The van der Waals surface area contributed by atoms with E-state index in [9.17, 15) is 4.79 Å². The van der Waals surface area contributed by atoms with Gasteiger partial charge in [0.1, 0.15) is 11.5 Å². The van der Waals surface area contributed by atoms with E-state index in [1.165, 1.54) is 0 Å². The highest BCUT2D eigenvalue weighted by molar-refractivity contribution is 5.83. The van der Waals surface area contributed by atoms with Gasteiger partial charge in [-0.2, -0.15) is 0 Å². The second kappa shape index (κ2) is 6.42. The molecule has 3 heteroatoms. The number of nitrogens with zero attached hydrogens (tertiary/aromatic N) is 1. The molecule has 2 rings (SSSR count). The van der Waals surface area contributed by atoms with Crippen LogP contribution in [-0.2, 0) is 11.3 Å². The number of amides is 1. The minimum absolute atomic E-state index is 0.0859. The molecule has 1 unspecified atom stereocenters. The van der Waals surface area contributed by atoms with E-state index in [4.69, 9.17) is 4.42 Å². The molecule has 106 valence electrons. The van der Waals surface area contributed by atoms with Crippen molar-refractivity contribution in [2.45, 2.75) is 32.7 Å². The lowest BCUT2D eigenvalue weighted by Crippen LogP contribution is -2.31. The smallest absolute Gasteiger partial charge is 0.230 e. The summed E-state index contributed by atoms with van der Waals surface area (Å²) in [5.74, 6) is 1.74. The summed E-state index contributed by atoms with van der Waals surface area (Å²) in [7, 11) is 1.83. The molecule has 0 saturated heterocycles. The molecular formula is C17H21NO2. The Bertz CT molecular complexity index is 559. The van der Waals surface area contributed by atoms with Crippen molar-refractivity contribution in [1.29, 1.82) is 0 Å². The summed E-state index contributed by atoms with van der Waals surface area (Å²) in [6.07, 6.45) is 0.796. The molecule has 0 bridgehead atoms. The Morgan fingerprint density at radius 2 is 1.90 bits per heavy atom. The Balaban J connectivity index is 2.08. The van der Waals surface area contributed by atoms with Crippen LogP contribution in [0.5, 0.6) is 0 Å². The average Bonchev–Trinajstić information content (AvgIpc) is 2.86. The number of aryl methyl sites for hydroxylation is 1. The van der Waals surface area contributed by atoms with Gasteiger partial charge in [-0.25, -0.2) is 0 Å². The van der Waals surface area contributed by atoms with Crippen LogP contribution in [-0.4, -0.2) is 17.9 Å². The molecule has 0 saturated carbocycles. The molecule has 1 amide bonds. The summed E-state index contributed by atoms with van der Waals surface area (Å²) in [5, 5.41) is 0. The zero-order valence-electron chi connectivity index (χ0n) is 12.3. The van der Waals surface area contributed by atoms with Crippen molar-refractivity contribution < 1.29 is 9.21 Å². The molecule has 0 radical (unpaired) electrons. The number of likely N-dealkylation sites (N-methyl/N-ethyl adjacent to an activating group) is 1. The van der Waals surface area contributed by atoms with Crippen molar-refractivity contribution in [1.82, 2.24) is 4.90 Å². The Labute approximate surface area is 120 Å². The van der Waals surface area contributed by atoms with Gasteiger partial charge in [0.25, 0.3) is 0 Å². The zero-order valence-corrected chi connectivity index (χ0v) is 12.3. The largest absolute Gasteiger partial charge is 0.464 e. The Morgan fingerprint density at radius 1 is 1.20 bits per heavy atom. The van der Waals surface area contributed by atoms with Gasteiger partial charge in [-0.1, -0.05) is 37.3 Å². The minimum atomic E-state index is -0.0859. The molecule has 3 nitrogen and oxygen atoms in total. The van der Waals surface area contributed by atoms with Gasteiger partial charge in [-0.15, -0.1) is 0 Å². The van der Waals surface area contributed by atoms with Gasteiger partial charge in [0.2, 0.25) is 5.91 Å². The van der Waals surface area contributed by atoms with Crippen molar-refractivity contribution in [3.8, 4) is 0 Å². The average molecular weight is 271 g/mol. The lowest BCUT2D eigenvalue weighted by atomic mass is 9.95. The molecule has 0 aliphatic rings. The summed E-state index contributed by atoms with van der Waals surface area (Å²) < 4.78 is 5.53. The third-order valence-corrected chi connectivity index (χ3v) is 3.47. The lowest BCUT2D eigenvalue weighted by Gasteiger charge is -2.22. The Hall–Kier alpha value is -2.03. The third-order valence-electron chi connectivity index (χ3n) is 3.47. The van der Waals surface area contributed by atoms with Crippen molar-refractivity contribution in [3.05, 3.63) is 59.5 Å². The second-order valence-corrected chi connectivity index (χ2v) is 5.08. The van der Waals surface area contributed by atoms with Crippen molar-refractivity contribution in [3.63, 3.8) is 0 Å². The predicted octanol–water partition coefficient (Wildman–Crippen LogP) is 3.74. The van der Waals surface area contributed by atoms with E-state index in [2.05, 4.69) is 0 Å². The first kappa shape index (κ1) is 14.4. The highest BCUT2D eigenvalue weighted by atomic mass is 16.3. The van der Waals surface area contributed by atoms with E-state index in [1.807, 2.05) is 63.4 Å². The maximum Gasteiger partial charge on any atom is 0.230 e. The fourth-order valence-corrected chi connectivity index (χ4v) is 2.39. The minimum Gasteiger partial charge on any atom is -0.464 e. The molecule has 0 N–H and O–H groups in total. The van der Waals surface area contributed by atoms with Crippen LogP contribution in [0.25, 0.3) is 0 Å². The molecule has 0 aliphatic carbocycles. The summed E-state index contributed by atoms with van der Waals surface area (Å²) in [4.78, 5) is 14.3. The number of carbonyl (C=O) groups is 1. The maximum absolute atomic E-state index is 12.6. The fraction of sp³-hybridized carbons (Fsp3) is 0.353. The quantitative estimate of drug-likeness (QED) is 0.830. The number of rotatable bonds is 5.